The van der Waals surface area contributed by atoms with E-state index in [1.165, 1.54) is 0 Å². The molecule has 1 aromatic rings. The molecule has 0 heterocycles. The molecule has 0 radical (unpaired) electrons. The molecular formula is C13H12BrNO. The molecule has 0 amide bonds. The van der Waals surface area contributed by atoms with Crippen molar-refractivity contribution in [1.29, 1.82) is 5.26 Å². The first-order valence-corrected chi connectivity index (χ1v) is 5.76. The van der Waals surface area contributed by atoms with Gasteiger partial charge in [0, 0.05) is 10.4 Å². The van der Waals surface area contributed by atoms with E-state index in [2.05, 4.69) is 15.9 Å². The molecule has 0 unspecified atom stereocenters. The van der Waals surface area contributed by atoms with Gasteiger partial charge in [-0.25, -0.2) is 0 Å². The highest BCUT2D eigenvalue weighted by molar-refractivity contribution is 9.10. The highest BCUT2D eigenvalue weighted by Gasteiger charge is 2.13. The summed E-state index contributed by atoms with van der Waals surface area (Å²) >= 11 is 3.37. The monoisotopic (exact) mass is 277 g/mol. The van der Waals surface area contributed by atoms with Gasteiger partial charge in [-0.15, -0.1) is 0 Å². The minimum Gasteiger partial charge on any atom is -0.293 e. The lowest BCUT2D eigenvalue weighted by molar-refractivity contribution is -0.117. The molecule has 3 heteroatoms. The summed E-state index contributed by atoms with van der Waals surface area (Å²) in [5, 5.41) is 8.94. The first-order chi connectivity index (χ1) is 7.56. The Balaban J connectivity index is 3.12. The van der Waals surface area contributed by atoms with E-state index in [0.717, 1.165) is 10.0 Å². The van der Waals surface area contributed by atoms with Crippen LogP contribution in [0.3, 0.4) is 0 Å². The van der Waals surface area contributed by atoms with Gasteiger partial charge in [-0.2, -0.15) is 5.26 Å². The number of rotatable bonds is 3. The van der Waals surface area contributed by atoms with Crippen molar-refractivity contribution in [2.24, 2.45) is 5.92 Å². The number of nitriles is 1. The second-order valence-electron chi connectivity index (χ2n) is 3.71. The number of hydrogen-bond acceptors (Lipinski definition) is 2. The van der Waals surface area contributed by atoms with E-state index in [9.17, 15) is 4.79 Å². The normalized spacial score (nSPS) is 11.3. The summed E-state index contributed by atoms with van der Waals surface area (Å²) in [5.74, 6) is -0.286. The van der Waals surface area contributed by atoms with E-state index in [0.29, 0.717) is 0 Å². The number of hydrogen-bond donors (Lipinski definition) is 0. The number of nitrogens with zero attached hydrogens (tertiary/aromatic N) is 1. The molecular weight excluding hydrogens is 266 g/mol. The van der Waals surface area contributed by atoms with Crippen molar-refractivity contribution in [2.75, 3.05) is 0 Å². The lowest BCUT2D eigenvalue weighted by Gasteiger charge is -2.03. The standard InChI is InChI=1S/C13H12BrNO/c1-9(2)13(16)11(8-15)7-10-5-3-4-6-12(10)14/h3-7,9H,1-2H3/b11-7+. The Kier molecular flexibility index (Phi) is 4.45. The van der Waals surface area contributed by atoms with Crippen LogP contribution in [-0.4, -0.2) is 5.78 Å². The van der Waals surface area contributed by atoms with Crippen molar-refractivity contribution in [3.63, 3.8) is 0 Å². The Morgan fingerprint density at radius 1 is 1.44 bits per heavy atom. The average Bonchev–Trinajstić information content (AvgIpc) is 2.27. The van der Waals surface area contributed by atoms with Crippen molar-refractivity contribution in [3.8, 4) is 6.07 Å². The van der Waals surface area contributed by atoms with Crippen molar-refractivity contribution in [1.82, 2.24) is 0 Å². The van der Waals surface area contributed by atoms with Crippen molar-refractivity contribution < 1.29 is 4.79 Å². The Labute approximate surface area is 104 Å². The topological polar surface area (TPSA) is 40.9 Å². The second kappa shape index (κ2) is 5.62. The predicted octanol–water partition coefficient (Wildman–Crippen LogP) is 3.58. The molecule has 0 saturated heterocycles. The first kappa shape index (κ1) is 12.7. The third-order valence-corrected chi connectivity index (χ3v) is 2.84. The van der Waals surface area contributed by atoms with E-state index in [-0.39, 0.29) is 17.3 Å². The van der Waals surface area contributed by atoms with Crippen molar-refractivity contribution in [2.45, 2.75) is 13.8 Å². The lowest BCUT2D eigenvalue weighted by Crippen LogP contribution is -2.08. The van der Waals surface area contributed by atoms with Gasteiger partial charge in [0.25, 0.3) is 0 Å². The maximum absolute atomic E-state index is 11.7. The lowest BCUT2D eigenvalue weighted by atomic mass is 10.00. The molecule has 0 N–H and O–H groups in total. The van der Waals surface area contributed by atoms with Crippen LogP contribution in [-0.2, 0) is 4.79 Å². The van der Waals surface area contributed by atoms with Crippen molar-refractivity contribution in [3.05, 3.63) is 39.9 Å². The molecule has 0 spiro atoms. The van der Waals surface area contributed by atoms with E-state index >= 15 is 0 Å². The van der Waals surface area contributed by atoms with Gasteiger partial charge in [-0.05, 0) is 17.7 Å². The molecule has 0 atom stereocenters. The van der Waals surface area contributed by atoms with Gasteiger partial charge in [-0.1, -0.05) is 48.0 Å². The Morgan fingerprint density at radius 2 is 2.06 bits per heavy atom. The van der Waals surface area contributed by atoms with Crippen LogP contribution in [0.1, 0.15) is 19.4 Å². The third kappa shape index (κ3) is 3.04. The molecule has 0 aromatic heterocycles. The average molecular weight is 278 g/mol. The molecule has 2 nitrogen and oxygen atoms in total. The summed E-state index contributed by atoms with van der Waals surface area (Å²) in [4.78, 5) is 11.7. The number of halogens is 1. The fraction of sp³-hybridized carbons (Fsp3) is 0.231. The number of ketones is 1. The molecule has 0 aliphatic rings. The van der Waals surface area contributed by atoms with Gasteiger partial charge in [-0.3, -0.25) is 4.79 Å². The van der Waals surface area contributed by atoms with Crippen LogP contribution in [0.4, 0.5) is 0 Å². The summed E-state index contributed by atoms with van der Waals surface area (Å²) in [6.07, 6.45) is 1.62. The Bertz CT molecular complexity index is 469. The highest BCUT2D eigenvalue weighted by Crippen LogP contribution is 2.19. The summed E-state index contributed by atoms with van der Waals surface area (Å²) in [6.45, 7) is 3.57. The minimum absolute atomic E-state index is 0.127. The van der Waals surface area contributed by atoms with Gasteiger partial charge in [0.05, 0.1) is 5.57 Å². The SMILES string of the molecule is CC(C)C(=O)/C(C#N)=C/c1ccccc1Br. The van der Waals surface area contributed by atoms with Gasteiger partial charge >= 0.3 is 0 Å². The van der Waals surface area contributed by atoms with Crippen LogP contribution in [0, 0.1) is 17.2 Å². The summed E-state index contributed by atoms with van der Waals surface area (Å²) in [7, 11) is 0. The van der Waals surface area contributed by atoms with Crippen LogP contribution in [0.2, 0.25) is 0 Å². The van der Waals surface area contributed by atoms with Crippen LogP contribution in [0.25, 0.3) is 6.08 Å². The predicted molar refractivity (Wildman–Crippen MR) is 67.6 cm³/mol. The number of allylic oxidation sites excluding steroid dienone is 1. The smallest absolute Gasteiger partial charge is 0.175 e. The maximum Gasteiger partial charge on any atom is 0.175 e. The Morgan fingerprint density at radius 3 is 2.56 bits per heavy atom. The zero-order valence-corrected chi connectivity index (χ0v) is 10.8. The molecule has 16 heavy (non-hydrogen) atoms. The molecule has 1 rings (SSSR count). The fourth-order valence-electron chi connectivity index (χ4n) is 1.22. The molecule has 1 aromatic carbocycles. The molecule has 82 valence electrons. The van der Waals surface area contributed by atoms with Gasteiger partial charge < -0.3 is 0 Å². The quantitative estimate of drug-likeness (QED) is 0.626. The zero-order chi connectivity index (χ0) is 12.1. The Hall–Kier alpha value is -1.40. The number of carbonyl (C=O) groups excluding carboxylic acids is 1. The summed E-state index contributed by atoms with van der Waals surface area (Å²) < 4.78 is 0.874. The van der Waals surface area contributed by atoms with Crippen LogP contribution in [0.5, 0.6) is 0 Å². The molecule has 0 bridgehead atoms. The van der Waals surface area contributed by atoms with Gasteiger partial charge in [0.2, 0.25) is 0 Å². The number of Topliss-reactive ketones (excluding diaryl/α,β-unsaturated/α-hetero) is 1. The number of carbonyl (C=O) groups is 1. The second-order valence-corrected chi connectivity index (χ2v) is 4.56. The zero-order valence-electron chi connectivity index (χ0n) is 9.20. The minimum atomic E-state index is -0.159. The van der Waals surface area contributed by atoms with E-state index < -0.39 is 0 Å². The molecule has 0 saturated carbocycles. The summed E-state index contributed by atoms with van der Waals surface area (Å²) in [5.41, 5.74) is 1.04. The third-order valence-electron chi connectivity index (χ3n) is 2.12. The van der Waals surface area contributed by atoms with Crippen molar-refractivity contribution >= 4 is 27.8 Å². The maximum atomic E-state index is 11.7. The first-order valence-electron chi connectivity index (χ1n) is 4.96. The largest absolute Gasteiger partial charge is 0.293 e. The molecule has 0 aliphatic carbocycles. The summed E-state index contributed by atoms with van der Waals surface area (Å²) in [6, 6.07) is 9.43. The number of benzene rings is 1. The van der Waals surface area contributed by atoms with Crippen LogP contribution < -0.4 is 0 Å². The van der Waals surface area contributed by atoms with Crippen LogP contribution >= 0.6 is 15.9 Å². The molecule has 0 fully saturated rings. The van der Waals surface area contributed by atoms with E-state index in [4.69, 9.17) is 5.26 Å². The fourth-order valence-corrected chi connectivity index (χ4v) is 1.62. The van der Waals surface area contributed by atoms with Gasteiger partial charge in [0.1, 0.15) is 6.07 Å². The molecule has 0 aliphatic heterocycles. The highest BCUT2D eigenvalue weighted by atomic mass is 79.9. The van der Waals surface area contributed by atoms with E-state index in [1.54, 1.807) is 19.9 Å². The van der Waals surface area contributed by atoms with Gasteiger partial charge in [0.15, 0.2) is 5.78 Å². The van der Waals surface area contributed by atoms with Crippen LogP contribution in [0.15, 0.2) is 34.3 Å². The van der Waals surface area contributed by atoms with E-state index in [1.807, 2.05) is 30.3 Å².